The molecule has 0 bridgehead atoms. The molecule has 1 nitrogen and oxygen atoms in total. The lowest BCUT2D eigenvalue weighted by atomic mass is 9.82. The molecule has 1 heteroatoms. The molecule has 1 rings (SSSR count). The Morgan fingerprint density at radius 3 is 2.26 bits per heavy atom. The predicted octanol–water partition coefficient (Wildman–Crippen LogP) is 8.76. The Balaban J connectivity index is -0.00000139. The largest absolute Gasteiger partial charge is 0.304 e. The van der Waals surface area contributed by atoms with Crippen LogP contribution in [0, 0.1) is 17.8 Å². The quantitative estimate of drug-likeness (QED) is 0.342. The summed E-state index contributed by atoms with van der Waals surface area (Å²) in [6.45, 7) is 21.5. The fraction of sp³-hybridized carbons (Fsp3) is 0.846. The molecule has 0 aromatic rings. The van der Waals surface area contributed by atoms with E-state index >= 15 is 0 Å². The Bertz CT molecular complexity index is 376. The zero-order chi connectivity index (χ0) is 19.2. The van der Waals surface area contributed by atoms with E-state index in [0.717, 1.165) is 11.8 Å². The molecule has 2 unspecified atom stereocenters. The third kappa shape index (κ3) is 12.5. The summed E-state index contributed by atoms with van der Waals surface area (Å²) < 4.78 is 0. The highest BCUT2D eigenvalue weighted by Crippen LogP contribution is 2.32. The normalized spacial score (nSPS) is 19.1. The Morgan fingerprint density at radius 1 is 1.15 bits per heavy atom. The minimum Gasteiger partial charge on any atom is -0.304 e. The van der Waals surface area contributed by atoms with Crippen LogP contribution in [0.15, 0.2) is 23.3 Å². The molecule has 0 saturated heterocycles. The maximum atomic E-state index is 2.60. The lowest BCUT2D eigenvalue weighted by Crippen LogP contribution is -2.31. The van der Waals surface area contributed by atoms with Crippen molar-refractivity contribution in [2.45, 2.75) is 109 Å². The summed E-state index contributed by atoms with van der Waals surface area (Å²) in [6.07, 6.45) is 12.8. The lowest BCUT2D eigenvalue weighted by molar-refractivity contribution is 0.216. The summed E-state index contributed by atoms with van der Waals surface area (Å²) in [4.78, 5) is 2.60. The van der Waals surface area contributed by atoms with Crippen LogP contribution in [0.25, 0.3) is 0 Å². The van der Waals surface area contributed by atoms with Crippen LogP contribution < -0.4 is 0 Å². The lowest BCUT2D eigenvalue weighted by Gasteiger charge is -2.29. The molecule has 0 heterocycles. The molecule has 0 aliphatic heterocycles. The topological polar surface area (TPSA) is 3.24 Å². The number of hydrogen-bond acceptors (Lipinski definition) is 1. The van der Waals surface area contributed by atoms with Crippen LogP contribution in [0.3, 0.4) is 0 Å². The van der Waals surface area contributed by atoms with Crippen molar-refractivity contribution >= 4 is 0 Å². The Morgan fingerprint density at radius 2 is 1.74 bits per heavy atom. The number of rotatable bonds is 10. The molecule has 0 N–H and O–H groups in total. The second kappa shape index (κ2) is 18.8. The van der Waals surface area contributed by atoms with Gasteiger partial charge in [0, 0.05) is 6.54 Å². The van der Waals surface area contributed by atoms with Crippen molar-refractivity contribution in [2.24, 2.45) is 17.8 Å². The standard InChI is InChI=1S/C22H41N.C2H6.2CH4/c1-7-11-19(5)22(17-23(8-2)9-3)13-10-12-21-16-18(4)14-15-20(21)6;1-2;;/h7,11,18-19,22H,8-10,12-17H2,1-6H3;1-2H3;2*1H4/b11-7-;;;/t18?,19-,22?;;;/m1.../s1. The first kappa shape index (κ1) is 31.1. The molecular weight excluding hydrogens is 326 g/mol. The molecule has 0 spiro atoms. The van der Waals surface area contributed by atoms with Crippen molar-refractivity contribution in [3.8, 4) is 0 Å². The summed E-state index contributed by atoms with van der Waals surface area (Å²) >= 11 is 0. The molecular formula is C26H55N. The summed E-state index contributed by atoms with van der Waals surface area (Å²) in [5.41, 5.74) is 3.48. The molecule has 0 saturated carbocycles. The second-order valence-corrected chi connectivity index (χ2v) is 7.75. The van der Waals surface area contributed by atoms with Crippen LogP contribution in [-0.2, 0) is 0 Å². The van der Waals surface area contributed by atoms with E-state index in [2.05, 4.69) is 58.6 Å². The Kier molecular flexibility index (Phi) is 21.7. The molecule has 0 amide bonds. The summed E-state index contributed by atoms with van der Waals surface area (Å²) in [5.74, 6) is 2.40. The zero-order valence-electron chi connectivity index (χ0n) is 18.7. The van der Waals surface area contributed by atoms with E-state index < -0.39 is 0 Å². The molecule has 1 aliphatic carbocycles. The van der Waals surface area contributed by atoms with Crippen molar-refractivity contribution in [2.75, 3.05) is 19.6 Å². The molecule has 0 aromatic heterocycles. The number of hydrogen-bond donors (Lipinski definition) is 0. The smallest absolute Gasteiger partial charge is 0.00150 e. The van der Waals surface area contributed by atoms with Crippen LogP contribution in [-0.4, -0.2) is 24.5 Å². The summed E-state index contributed by atoms with van der Waals surface area (Å²) in [7, 11) is 0. The van der Waals surface area contributed by atoms with Gasteiger partial charge in [-0.2, -0.15) is 0 Å². The monoisotopic (exact) mass is 381 g/mol. The maximum absolute atomic E-state index is 2.60. The van der Waals surface area contributed by atoms with Gasteiger partial charge >= 0.3 is 0 Å². The minimum atomic E-state index is 0. The summed E-state index contributed by atoms with van der Waals surface area (Å²) in [5, 5.41) is 0. The first-order valence-electron chi connectivity index (χ1n) is 11.0. The fourth-order valence-electron chi connectivity index (χ4n) is 4.02. The van der Waals surface area contributed by atoms with Crippen LogP contribution >= 0.6 is 0 Å². The van der Waals surface area contributed by atoms with Crippen LogP contribution in [0.4, 0.5) is 0 Å². The molecule has 0 fully saturated rings. The van der Waals surface area contributed by atoms with E-state index in [-0.39, 0.29) is 14.9 Å². The van der Waals surface area contributed by atoms with Gasteiger partial charge in [-0.05, 0) is 83.2 Å². The molecule has 3 atom stereocenters. The van der Waals surface area contributed by atoms with Crippen molar-refractivity contribution in [1.29, 1.82) is 0 Å². The number of allylic oxidation sites excluding steroid dienone is 4. The molecule has 0 aromatic carbocycles. The minimum absolute atomic E-state index is 0. The van der Waals surface area contributed by atoms with E-state index in [1.165, 1.54) is 58.2 Å². The molecule has 1 aliphatic rings. The first-order chi connectivity index (χ1) is 12.0. The van der Waals surface area contributed by atoms with Gasteiger partial charge in [-0.15, -0.1) is 0 Å². The SMILES string of the molecule is C.C.C/C=C\[C@@H](C)C(CCCC1=C(C)CCC(C)C1)CN(CC)CC.CC. The van der Waals surface area contributed by atoms with Crippen molar-refractivity contribution in [3.05, 3.63) is 23.3 Å². The second-order valence-electron chi connectivity index (χ2n) is 7.75. The van der Waals surface area contributed by atoms with Crippen LogP contribution in [0.5, 0.6) is 0 Å². The van der Waals surface area contributed by atoms with Gasteiger partial charge in [0.2, 0.25) is 0 Å². The van der Waals surface area contributed by atoms with Crippen molar-refractivity contribution in [1.82, 2.24) is 4.90 Å². The van der Waals surface area contributed by atoms with Gasteiger partial charge in [0.05, 0.1) is 0 Å². The van der Waals surface area contributed by atoms with Gasteiger partial charge in [-0.3, -0.25) is 0 Å². The van der Waals surface area contributed by atoms with Crippen LogP contribution in [0.2, 0.25) is 0 Å². The summed E-state index contributed by atoms with van der Waals surface area (Å²) in [6, 6.07) is 0. The van der Waals surface area contributed by atoms with Gasteiger partial charge in [-0.25, -0.2) is 0 Å². The third-order valence-electron chi connectivity index (χ3n) is 5.89. The molecule has 27 heavy (non-hydrogen) atoms. The van der Waals surface area contributed by atoms with E-state index in [9.17, 15) is 0 Å². The van der Waals surface area contributed by atoms with Gasteiger partial charge in [0.25, 0.3) is 0 Å². The first-order valence-corrected chi connectivity index (χ1v) is 11.0. The zero-order valence-corrected chi connectivity index (χ0v) is 18.7. The number of nitrogens with zero attached hydrogens (tertiary/aromatic N) is 1. The van der Waals surface area contributed by atoms with Gasteiger partial charge in [0.15, 0.2) is 0 Å². The average Bonchev–Trinajstić information content (AvgIpc) is 2.62. The van der Waals surface area contributed by atoms with Crippen molar-refractivity contribution in [3.63, 3.8) is 0 Å². The average molecular weight is 382 g/mol. The highest BCUT2D eigenvalue weighted by atomic mass is 15.1. The predicted molar refractivity (Wildman–Crippen MR) is 130 cm³/mol. The van der Waals surface area contributed by atoms with E-state index in [0.29, 0.717) is 5.92 Å². The highest BCUT2D eigenvalue weighted by molar-refractivity contribution is 5.15. The van der Waals surface area contributed by atoms with Crippen molar-refractivity contribution < 1.29 is 0 Å². The van der Waals surface area contributed by atoms with Gasteiger partial charge in [-0.1, -0.05) is 79.7 Å². The fourth-order valence-corrected chi connectivity index (χ4v) is 4.02. The maximum Gasteiger partial charge on any atom is 0.00150 e. The molecule has 164 valence electrons. The molecule has 0 radical (unpaired) electrons. The van der Waals surface area contributed by atoms with Gasteiger partial charge in [0.1, 0.15) is 0 Å². The third-order valence-corrected chi connectivity index (χ3v) is 5.89. The van der Waals surface area contributed by atoms with E-state index in [4.69, 9.17) is 0 Å². The van der Waals surface area contributed by atoms with Crippen LogP contribution in [0.1, 0.15) is 109 Å². The van der Waals surface area contributed by atoms with Gasteiger partial charge < -0.3 is 4.90 Å². The Hall–Kier alpha value is -0.560. The Labute approximate surface area is 174 Å². The highest BCUT2D eigenvalue weighted by Gasteiger charge is 2.19. The van der Waals surface area contributed by atoms with E-state index in [1.54, 1.807) is 11.1 Å². The van der Waals surface area contributed by atoms with E-state index in [1.807, 2.05) is 13.8 Å².